The van der Waals surface area contributed by atoms with Gasteiger partial charge in [-0.25, -0.2) is 8.42 Å². The molecule has 0 aromatic rings. The Morgan fingerprint density at radius 1 is 1.50 bits per heavy atom. The van der Waals surface area contributed by atoms with Gasteiger partial charge in [0, 0.05) is 12.8 Å². The Morgan fingerprint density at radius 2 is 2.08 bits per heavy atom. The van der Waals surface area contributed by atoms with Crippen LogP contribution < -0.4 is 11.1 Å². The number of sulfone groups is 1. The molecule has 1 amide bonds. The van der Waals surface area contributed by atoms with Crippen molar-refractivity contribution < 1.29 is 18.9 Å². The second-order valence-corrected chi connectivity index (χ2v) is 4.84. The Kier molecular flexibility index (Phi) is 4.84. The summed E-state index contributed by atoms with van der Waals surface area (Å²) in [5.74, 6) is -0.149. The van der Waals surface area contributed by atoms with Crippen LogP contribution in [0, 0.1) is 0 Å². The molecule has 0 aliphatic rings. The first-order valence-electron chi connectivity index (χ1n) is 3.69. The minimum atomic E-state index is -2.97. The average Bonchev–Trinajstić information content (AvgIpc) is 1.84. The molecule has 12 heavy (non-hydrogen) atoms. The van der Waals surface area contributed by atoms with Crippen LogP contribution in [0.25, 0.3) is 0 Å². The molecule has 0 rings (SSSR count). The van der Waals surface area contributed by atoms with Crippen molar-refractivity contribution in [3.63, 3.8) is 0 Å². The van der Waals surface area contributed by atoms with Gasteiger partial charge in [0.05, 0.1) is 18.7 Å². The Hall–Kier alpha value is -0.620. The molecule has 0 spiro atoms. The summed E-state index contributed by atoms with van der Waals surface area (Å²) < 4.78 is 21.2. The second kappa shape index (κ2) is 5.10. The van der Waals surface area contributed by atoms with Crippen molar-refractivity contribution in [2.75, 3.05) is 25.1 Å². The normalized spacial score (nSPS) is 11.2. The van der Waals surface area contributed by atoms with Crippen LogP contribution in [0.4, 0.5) is 0 Å². The Labute approximate surface area is 72.2 Å². The SMILES string of the molecule is CS(=O)(=O)CCNC(=O)CC[NH3+]. The van der Waals surface area contributed by atoms with Gasteiger partial charge in [0.2, 0.25) is 5.91 Å². The lowest BCUT2D eigenvalue weighted by atomic mass is 10.4. The Bertz CT molecular complexity index is 235. The lowest BCUT2D eigenvalue weighted by molar-refractivity contribution is -0.366. The smallest absolute Gasteiger partial charge is 0.225 e. The number of carbonyl (C=O) groups excluding carboxylic acids is 1. The van der Waals surface area contributed by atoms with E-state index in [1.165, 1.54) is 0 Å². The molecule has 0 heterocycles. The lowest BCUT2D eigenvalue weighted by Crippen LogP contribution is -2.52. The second-order valence-electron chi connectivity index (χ2n) is 2.58. The first-order chi connectivity index (χ1) is 5.45. The lowest BCUT2D eigenvalue weighted by Gasteiger charge is -2.01. The molecule has 0 fully saturated rings. The number of quaternary nitrogens is 1. The summed E-state index contributed by atoms with van der Waals surface area (Å²) in [7, 11) is -2.97. The quantitative estimate of drug-likeness (QED) is 0.520. The zero-order chi connectivity index (χ0) is 9.61. The molecule has 0 aliphatic carbocycles. The van der Waals surface area contributed by atoms with Crippen LogP contribution in [-0.2, 0) is 14.6 Å². The van der Waals surface area contributed by atoms with Crippen molar-refractivity contribution in [1.29, 1.82) is 0 Å². The highest BCUT2D eigenvalue weighted by Gasteiger charge is 2.03. The zero-order valence-corrected chi connectivity index (χ0v) is 7.99. The predicted molar refractivity (Wildman–Crippen MR) is 45.1 cm³/mol. The van der Waals surface area contributed by atoms with E-state index in [1.54, 1.807) is 0 Å². The fourth-order valence-electron chi connectivity index (χ4n) is 0.625. The molecule has 4 N–H and O–H groups in total. The van der Waals surface area contributed by atoms with Crippen molar-refractivity contribution >= 4 is 15.7 Å². The maximum Gasteiger partial charge on any atom is 0.225 e. The molecule has 72 valence electrons. The summed E-state index contributed by atoms with van der Waals surface area (Å²) >= 11 is 0. The van der Waals surface area contributed by atoms with Gasteiger partial charge < -0.3 is 11.1 Å². The Balaban J connectivity index is 3.51. The van der Waals surface area contributed by atoms with Gasteiger partial charge in [-0.2, -0.15) is 0 Å². The molecule has 0 aromatic heterocycles. The summed E-state index contributed by atoms with van der Waals surface area (Å²) in [6.45, 7) is 0.725. The summed E-state index contributed by atoms with van der Waals surface area (Å²) in [4.78, 5) is 10.8. The van der Waals surface area contributed by atoms with Crippen molar-refractivity contribution in [2.45, 2.75) is 6.42 Å². The molecular formula is C6H15N2O3S+. The van der Waals surface area contributed by atoms with Crippen molar-refractivity contribution in [3.8, 4) is 0 Å². The average molecular weight is 195 g/mol. The molecule has 0 unspecified atom stereocenters. The summed E-state index contributed by atoms with van der Waals surface area (Å²) in [5.41, 5.74) is 3.50. The van der Waals surface area contributed by atoms with Gasteiger partial charge in [0.1, 0.15) is 9.84 Å². The number of nitrogens with one attached hydrogen (secondary N) is 1. The summed E-state index contributed by atoms with van der Waals surface area (Å²) in [6, 6.07) is 0. The van der Waals surface area contributed by atoms with Crippen LogP contribution >= 0.6 is 0 Å². The standard InChI is InChI=1S/C6H14N2O3S/c1-12(10,11)5-4-8-6(9)2-3-7/h2-5,7H2,1H3,(H,8,9)/p+1. The monoisotopic (exact) mass is 195 g/mol. The number of carbonyl (C=O) groups is 1. The third-order valence-corrected chi connectivity index (χ3v) is 2.14. The van der Waals surface area contributed by atoms with Gasteiger partial charge in [-0.3, -0.25) is 4.79 Å². The molecule has 5 nitrogen and oxygen atoms in total. The van der Waals surface area contributed by atoms with E-state index in [0.29, 0.717) is 13.0 Å². The van der Waals surface area contributed by atoms with Crippen LogP contribution in [0.5, 0.6) is 0 Å². The van der Waals surface area contributed by atoms with E-state index in [2.05, 4.69) is 11.1 Å². The summed E-state index contributed by atoms with van der Waals surface area (Å²) in [5, 5.41) is 2.48. The maximum atomic E-state index is 10.8. The molecule has 6 heteroatoms. The van der Waals surface area contributed by atoms with Crippen LogP contribution in [0.15, 0.2) is 0 Å². The van der Waals surface area contributed by atoms with Gasteiger partial charge in [0.25, 0.3) is 0 Å². The van der Waals surface area contributed by atoms with Crippen LogP contribution in [0.2, 0.25) is 0 Å². The molecule has 0 bridgehead atoms. The van der Waals surface area contributed by atoms with E-state index in [-0.39, 0.29) is 18.2 Å². The molecular weight excluding hydrogens is 180 g/mol. The predicted octanol–water partition coefficient (Wildman–Crippen LogP) is -2.22. The van der Waals surface area contributed by atoms with E-state index in [0.717, 1.165) is 6.26 Å². The largest absolute Gasteiger partial charge is 0.357 e. The van der Waals surface area contributed by atoms with Gasteiger partial charge in [-0.05, 0) is 0 Å². The molecule has 0 aromatic carbocycles. The van der Waals surface area contributed by atoms with Crippen LogP contribution in [0.1, 0.15) is 6.42 Å². The fraction of sp³-hybridized carbons (Fsp3) is 0.833. The van der Waals surface area contributed by atoms with E-state index in [4.69, 9.17) is 0 Å². The van der Waals surface area contributed by atoms with Crippen molar-refractivity contribution in [3.05, 3.63) is 0 Å². The number of rotatable bonds is 5. The van der Waals surface area contributed by atoms with Gasteiger partial charge in [-0.1, -0.05) is 0 Å². The van der Waals surface area contributed by atoms with E-state index >= 15 is 0 Å². The highest BCUT2D eigenvalue weighted by Crippen LogP contribution is 1.80. The molecule has 0 saturated carbocycles. The van der Waals surface area contributed by atoms with Gasteiger partial charge in [0.15, 0.2) is 0 Å². The van der Waals surface area contributed by atoms with Crippen molar-refractivity contribution in [2.24, 2.45) is 0 Å². The first kappa shape index (κ1) is 11.4. The topological polar surface area (TPSA) is 90.9 Å². The summed E-state index contributed by atoms with van der Waals surface area (Å²) in [6.07, 6.45) is 1.49. The molecule has 0 aliphatic heterocycles. The van der Waals surface area contributed by atoms with Crippen LogP contribution in [0.3, 0.4) is 0 Å². The third kappa shape index (κ3) is 7.49. The van der Waals surface area contributed by atoms with Gasteiger partial charge in [-0.15, -0.1) is 0 Å². The first-order valence-corrected chi connectivity index (χ1v) is 5.75. The number of amides is 1. The maximum absolute atomic E-state index is 10.8. The van der Waals surface area contributed by atoms with E-state index < -0.39 is 9.84 Å². The minimum Gasteiger partial charge on any atom is -0.357 e. The number of hydrogen-bond donors (Lipinski definition) is 2. The fourth-order valence-corrected chi connectivity index (χ4v) is 1.10. The third-order valence-electron chi connectivity index (χ3n) is 1.20. The van der Waals surface area contributed by atoms with Gasteiger partial charge >= 0.3 is 0 Å². The highest BCUT2D eigenvalue weighted by molar-refractivity contribution is 7.90. The molecule has 0 atom stereocenters. The molecule has 0 radical (unpaired) electrons. The van der Waals surface area contributed by atoms with Crippen molar-refractivity contribution in [1.82, 2.24) is 5.32 Å². The zero-order valence-electron chi connectivity index (χ0n) is 7.17. The van der Waals surface area contributed by atoms with E-state index in [1.807, 2.05) is 0 Å². The van der Waals surface area contributed by atoms with E-state index in [9.17, 15) is 13.2 Å². The minimum absolute atomic E-state index is 0.00408. The highest BCUT2D eigenvalue weighted by atomic mass is 32.2. The number of hydrogen-bond acceptors (Lipinski definition) is 3. The van der Waals surface area contributed by atoms with Crippen LogP contribution in [-0.4, -0.2) is 39.4 Å². The Morgan fingerprint density at radius 3 is 2.50 bits per heavy atom. The molecule has 0 saturated heterocycles.